The van der Waals surface area contributed by atoms with E-state index in [9.17, 15) is 18.0 Å². The predicted octanol–water partition coefficient (Wildman–Crippen LogP) is 4.57. The first kappa shape index (κ1) is 16.2. The van der Waals surface area contributed by atoms with Crippen LogP contribution in [0.4, 0.5) is 13.2 Å². The van der Waals surface area contributed by atoms with E-state index < -0.39 is 10.9 Å². The summed E-state index contributed by atoms with van der Waals surface area (Å²) in [6.07, 6.45) is 0. The van der Waals surface area contributed by atoms with Crippen LogP contribution in [0, 0.1) is 0 Å². The van der Waals surface area contributed by atoms with Crippen molar-refractivity contribution in [1.82, 2.24) is 0 Å². The van der Waals surface area contributed by atoms with E-state index in [1.807, 2.05) is 0 Å². The predicted molar refractivity (Wildman–Crippen MR) is 68.8 cm³/mol. The molecular formula is C12H12ClF3O2S. The van der Waals surface area contributed by atoms with Gasteiger partial charge in [-0.2, -0.15) is 13.2 Å². The standard InChI is InChI=1S/C12H12ClF3O2S/c1-3-18-9-4-8(11(13)7(2)17)5-10(6-9)19-12(14,15)16/h4-6,11H,3H2,1-2H3. The summed E-state index contributed by atoms with van der Waals surface area (Å²) >= 11 is 5.59. The molecule has 7 heteroatoms. The first-order valence-corrected chi connectivity index (χ1v) is 6.66. The van der Waals surface area contributed by atoms with Crippen molar-refractivity contribution in [3.63, 3.8) is 0 Å². The summed E-state index contributed by atoms with van der Waals surface area (Å²) in [4.78, 5) is 11.2. The van der Waals surface area contributed by atoms with Crippen LogP contribution in [0.3, 0.4) is 0 Å². The van der Waals surface area contributed by atoms with Crippen molar-refractivity contribution < 1.29 is 22.7 Å². The van der Waals surface area contributed by atoms with Crippen molar-refractivity contribution in [2.45, 2.75) is 29.6 Å². The molecular weight excluding hydrogens is 301 g/mol. The molecule has 1 aromatic rings. The zero-order valence-corrected chi connectivity index (χ0v) is 11.8. The first-order chi connectivity index (χ1) is 8.73. The summed E-state index contributed by atoms with van der Waals surface area (Å²) < 4.78 is 42.3. The van der Waals surface area contributed by atoms with Gasteiger partial charge in [0.05, 0.1) is 6.61 Å². The zero-order valence-electron chi connectivity index (χ0n) is 10.3. The van der Waals surface area contributed by atoms with Crippen LogP contribution < -0.4 is 4.74 Å². The van der Waals surface area contributed by atoms with E-state index in [2.05, 4.69) is 0 Å². The number of alkyl halides is 4. The van der Waals surface area contributed by atoms with Crippen LogP contribution >= 0.6 is 23.4 Å². The number of rotatable bonds is 5. The highest BCUT2D eigenvalue weighted by Crippen LogP contribution is 2.40. The second kappa shape index (κ2) is 6.52. The average Bonchev–Trinajstić information content (AvgIpc) is 2.25. The molecule has 1 rings (SSSR count). The van der Waals surface area contributed by atoms with E-state index in [0.717, 1.165) is 0 Å². The normalized spacial score (nSPS) is 13.2. The van der Waals surface area contributed by atoms with Crippen LogP contribution in [0.1, 0.15) is 24.8 Å². The van der Waals surface area contributed by atoms with Crippen LogP contribution in [-0.2, 0) is 4.79 Å². The number of hydrogen-bond donors (Lipinski definition) is 0. The van der Waals surface area contributed by atoms with E-state index in [1.165, 1.54) is 25.1 Å². The molecule has 1 unspecified atom stereocenters. The van der Waals surface area contributed by atoms with Gasteiger partial charge in [-0.3, -0.25) is 4.79 Å². The highest BCUT2D eigenvalue weighted by molar-refractivity contribution is 8.00. The second-order valence-electron chi connectivity index (χ2n) is 3.69. The van der Waals surface area contributed by atoms with E-state index in [-0.39, 0.29) is 28.2 Å². The van der Waals surface area contributed by atoms with Gasteiger partial charge >= 0.3 is 5.51 Å². The molecule has 0 spiro atoms. The number of ketones is 1. The summed E-state index contributed by atoms with van der Waals surface area (Å²) in [5.74, 6) is -0.0723. The van der Waals surface area contributed by atoms with Crippen molar-refractivity contribution in [3.05, 3.63) is 23.8 Å². The molecule has 0 aromatic heterocycles. The van der Waals surface area contributed by atoms with E-state index >= 15 is 0 Å². The Morgan fingerprint density at radius 3 is 2.53 bits per heavy atom. The third-order valence-corrected chi connectivity index (χ3v) is 3.36. The molecule has 0 N–H and O–H groups in total. The Morgan fingerprint density at radius 1 is 1.42 bits per heavy atom. The molecule has 0 heterocycles. The van der Waals surface area contributed by atoms with Gasteiger partial charge in [0, 0.05) is 4.90 Å². The first-order valence-electron chi connectivity index (χ1n) is 5.41. The molecule has 0 bridgehead atoms. The minimum absolute atomic E-state index is 0.0552. The number of carbonyl (C=O) groups is 1. The van der Waals surface area contributed by atoms with Crippen molar-refractivity contribution >= 4 is 29.1 Å². The molecule has 0 fully saturated rings. The van der Waals surface area contributed by atoms with E-state index in [0.29, 0.717) is 12.2 Å². The maximum absolute atomic E-state index is 12.4. The van der Waals surface area contributed by atoms with Crippen molar-refractivity contribution in [2.75, 3.05) is 6.61 Å². The topological polar surface area (TPSA) is 26.3 Å². The van der Waals surface area contributed by atoms with Gasteiger partial charge in [-0.25, -0.2) is 0 Å². The molecule has 0 saturated heterocycles. The van der Waals surface area contributed by atoms with Crippen LogP contribution in [0.25, 0.3) is 0 Å². The molecule has 2 nitrogen and oxygen atoms in total. The second-order valence-corrected chi connectivity index (χ2v) is 5.27. The van der Waals surface area contributed by atoms with Gasteiger partial charge in [0.15, 0.2) is 5.78 Å². The number of halogens is 4. The number of ether oxygens (including phenoxy) is 1. The minimum atomic E-state index is -4.40. The van der Waals surface area contributed by atoms with Gasteiger partial charge in [-0.05, 0) is 49.4 Å². The molecule has 1 aromatic carbocycles. The molecule has 0 aliphatic heterocycles. The molecule has 1 atom stereocenters. The van der Waals surface area contributed by atoms with Crippen molar-refractivity contribution in [2.24, 2.45) is 0 Å². The maximum Gasteiger partial charge on any atom is 0.446 e. The lowest BCUT2D eigenvalue weighted by molar-refractivity contribution is -0.116. The lowest BCUT2D eigenvalue weighted by Crippen LogP contribution is -2.04. The Morgan fingerprint density at radius 2 is 2.05 bits per heavy atom. The van der Waals surface area contributed by atoms with Crippen LogP contribution in [0.5, 0.6) is 5.75 Å². The molecule has 19 heavy (non-hydrogen) atoms. The Balaban J connectivity index is 3.13. The fraction of sp³-hybridized carbons (Fsp3) is 0.417. The highest BCUT2D eigenvalue weighted by Gasteiger charge is 2.30. The van der Waals surface area contributed by atoms with Gasteiger partial charge in [0.25, 0.3) is 0 Å². The number of Topliss-reactive ketones (excluding diaryl/α,β-unsaturated/α-hetero) is 1. The highest BCUT2D eigenvalue weighted by atomic mass is 35.5. The minimum Gasteiger partial charge on any atom is -0.494 e. The Kier molecular flexibility index (Phi) is 5.55. The van der Waals surface area contributed by atoms with E-state index in [1.54, 1.807) is 6.92 Å². The lowest BCUT2D eigenvalue weighted by atomic mass is 10.1. The van der Waals surface area contributed by atoms with Crippen molar-refractivity contribution in [1.29, 1.82) is 0 Å². The monoisotopic (exact) mass is 312 g/mol. The number of carbonyl (C=O) groups excluding carboxylic acids is 1. The number of thioether (sulfide) groups is 1. The Labute approximate surface area is 118 Å². The fourth-order valence-electron chi connectivity index (χ4n) is 1.42. The summed E-state index contributed by atoms with van der Waals surface area (Å²) in [5.41, 5.74) is -4.10. The molecule has 0 radical (unpaired) electrons. The summed E-state index contributed by atoms with van der Waals surface area (Å²) in [6.45, 7) is 3.31. The number of hydrogen-bond acceptors (Lipinski definition) is 3. The largest absolute Gasteiger partial charge is 0.494 e. The van der Waals surface area contributed by atoms with Crippen LogP contribution in [0.15, 0.2) is 23.1 Å². The smallest absolute Gasteiger partial charge is 0.446 e. The summed E-state index contributed by atoms with van der Waals surface area (Å²) in [6, 6.07) is 4.00. The summed E-state index contributed by atoms with van der Waals surface area (Å²) in [7, 11) is 0. The van der Waals surface area contributed by atoms with Crippen LogP contribution in [0.2, 0.25) is 0 Å². The fourth-order valence-corrected chi connectivity index (χ4v) is 2.18. The van der Waals surface area contributed by atoms with Crippen molar-refractivity contribution in [3.8, 4) is 5.75 Å². The Hall–Kier alpha value is -0.880. The third kappa shape index (κ3) is 5.32. The summed E-state index contributed by atoms with van der Waals surface area (Å²) in [5, 5.41) is -0.979. The quantitative estimate of drug-likeness (QED) is 0.588. The molecule has 106 valence electrons. The molecule has 0 aliphatic carbocycles. The van der Waals surface area contributed by atoms with Gasteiger partial charge in [0.1, 0.15) is 11.1 Å². The molecule has 0 saturated carbocycles. The van der Waals surface area contributed by atoms with E-state index in [4.69, 9.17) is 16.3 Å². The van der Waals surface area contributed by atoms with Gasteiger partial charge in [-0.15, -0.1) is 11.6 Å². The third-order valence-electron chi connectivity index (χ3n) is 2.10. The van der Waals surface area contributed by atoms with Gasteiger partial charge in [-0.1, -0.05) is 0 Å². The number of benzene rings is 1. The van der Waals surface area contributed by atoms with Gasteiger partial charge < -0.3 is 4.74 Å². The maximum atomic E-state index is 12.4. The van der Waals surface area contributed by atoms with Crippen LogP contribution in [-0.4, -0.2) is 17.9 Å². The van der Waals surface area contributed by atoms with Gasteiger partial charge in [0.2, 0.25) is 0 Å². The average molecular weight is 313 g/mol. The molecule has 0 amide bonds. The lowest BCUT2D eigenvalue weighted by Gasteiger charge is -2.13. The molecule has 0 aliphatic rings. The Bertz CT molecular complexity index is 463. The SMILES string of the molecule is CCOc1cc(SC(F)(F)F)cc(C(Cl)C(C)=O)c1. The zero-order chi connectivity index (χ0) is 14.6.